The minimum atomic E-state index is -0.696. The van der Waals surface area contributed by atoms with E-state index in [2.05, 4.69) is 23.3 Å². The van der Waals surface area contributed by atoms with E-state index in [0.29, 0.717) is 30.5 Å². The molecule has 174 valence electrons. The van der Waals surface area contributed by atoms with Gasteiger partial charge in [-0.05, 0) is 56.2 Å². The maximum absolute atomic E-state index is 14.0. The molecule has 1 N–H and O–H groups in total. The Balaban J connectivity index is 1.58. The summed E-state index contributed by atoms with van der Waals surface area (Å²) in [7, 11) is 0. The van der Waals surface area contributed by atoms with Crippen LogP contribution in [0.25, 0.3) is 10.9 Å². The van der Waals surface area contributed by atoms with Gasteiger partial charge in [-0.25, -0.2) is 9.37 Å². The lowest BCUT2D eigenvalue weighted by Gasteiger charge is -2.08. The average Bonchev–Trinajstić information content (AvgIpc) is 2.78. The van der Waals surface area contributed by atoms with Gasteiger partial charge in [0.25, 0.3) is 5.91 Å². The number of aromatic nitrogens is 1. The SMILES string of the molecule is CC(/C=C/CCCCCCCOc1cc(C)c2ccccc2n1)=C(\F)C(=O)NCC(C)C. The molecule has 0 radical (unpaired) electrons. The Bertz CT molecular complexity index is 934. The van der Waals surface area contributed by atoms with E-state index in [-0.39, 0.29) is 0 Å². The zero-order chi connectivity index (χ0) is 23.3. The van der Waals surface area contributed by atoms with E-state index in [1.54, 1.807) is 13.0 Å². The van der Waals surface area contributed by atoms with Crippen molar-refractivity contribution in [1.29, 1.82) is 0 Å². The summed E-state index contributed by atoms with van der Waals surface area (Å²) in [5.74, 6) is -0.330. The van der Waals surface area contributed by atoms with Gasteiger partial charge in [0.1, 0.15) is 0 Å². The number of fused-ring (bicyclic) bond motifs is 1. The minimum Gasteiger partial charge on any atom is -0.478 e. The second kappa shape index (κ2) is 13.7. The van der Waals surface area contributed by atoms with Crippen molar-refractivity contribution in [3.63, 3.8) is 0 Å². The summed E-state index contributed by atoms with van der Waals surface area (Å²) in [6.07, 6.45) is 9.96. The van der Waals surface area contributed by atoms with E-state index in [1.807, 2.05) is 44.2 Å². The van der Waals surface area contributed by atoms with Gasteiger partial charge in [-0.15, -0.1) is 0 Å². The highest BCUT2D eigenvalue weighted by Gasteiger charge is 2.10. The van der Waals surface area contributed by atoms with Gasteiger partial charge in [-0.2, -0.15) is 0 Å². The second-order valence-electron chi connectivity index (χ2n) is 8.70. The molecule has 32 heavy (non-hydrogen) atoms. The fourth-order valence-electron chi connectivity index (χ4n) is 3.35. The van der Waals surface area contributed by atoms with Crippen molar-refractivity contribution >= 4 is 16.8 Å². The van der Waals surface area contributed by atoms with Crippen LogP contribution < -0.4 is 10.1 Å². The van der Waals surface area contributed by atoms with Gasteiger partial charge in [0.05, 0.1) is 12.1 Å². The summed E-state index contributed by atoms with van der Waals surface area (Å²) in [6, 6.07) is 10.1. The number of aryl methyl sites for hydroxylation is 1. The van der Waals surface area contributed by atoms with Crippen molar-refractivity contribution in [2.24, 2.45) is 5.92 Å². The van der Waals surface area contributed by atoms with E-state index >= 15 is 0 Å². The molecule has 0 aliphatic rings. The van der Waals surface area contributed by atoms with Gasteiger partial charge in [0.2, 0.25) is 5.88 Å². The van der Waals surface area contributed by atoms with E-state index < -0.39 is 11.7 Å². The summed E-state index contributed by atoms with van der Waals surface area (Å²) >= 11 is 0. The Kier molecular flexibility index (Phi) is 10.9. The normalized spacial score (nSPS) is 12.4. The number of allylic oxidation sites excluding steroid dienone is 3. The highest BCUT2D eigenvalue weighted by Crippen LogP contribution is 2.21. The van der Waals surface area contributed by atoms with Crippen LogP contribution in [0.15, 0.2) is 53.9 Å². The van der Waals surface area contributed by atoms with Crippen LogP contribution in [0.4, 0.5) is 4.39 Å². The first-order chi connectivity index (χ1) is 15.4. The number of ether oxygens (including phenoxy) is 1. The zero-order valence-electron chi connectivity index (χ0n) is 19.9. The van der Waals surface area contributed by atoms with Crippen molar-refractivity contribution in [3.05, 3.63) is 59.4 Å². The lowest BCUT2D eigenvalue weighted by atomic mass is 10.1. The minimum absolute atomic E-state index is 0.300. The molecule has 1 amide bonds. The fraction of sp³-hybridized carbons (Fsp3) is 0.481. The Labute approximate surface area is 192 Å². The highest BCUT2D eigenvalue weighted by atomic mass is 19.1. The van der Waals surface area contributed by atoms with Crippen molar-refractivity contribution in [1.82, 2.24) is 10.3 Å². The van der Waals surface area contributed by atoms with Crippen LogP contribution in [0.3, 0.4) is 0 Å². The molecule has 1 aromatic heterocycles. The van der Waals surface area contributed by atoms with Crippen LogP contribution >= 0.6 is 0 Å². The number of benzene rings is 1. The average molecular weight is 441 g/mol. The predicted octanol–water partition coefficient (Wildman–Crippen LogP) is 6.83. The van der Waals surface area contributed by atoms with Gasteiger partial charge in [-0.1, -0.05) is 63.5 Å². The lowest BCUT2D eigenvalue weighted by molar-refractivity contribution is -0.119. The Morgan fingerprint density at radius 1 is 1.16 bits per heavy atom. The molecule has 0 unspecified atom stereocenters. The van der Waals surface area contributed by atoms with Crippen LogP contribution in [0.5, 0.6) is 5.88 Å². The van der Waals surface area contributed by atoms with Gasteiger partial charge in [-0.3, -0.25) is 4.79 Å². The molecule has 0 bridgehead atoms. The standard InChI is InChI=1S/C27H37FN2O2/c1-20(2)19-29-27(31)26(28)21(3)14-10-8-6-5-7-9-13-17-32-25-18-22(4)23-15-11-12-16-24(23)30-25/h10-12,14-16,18,20H,5-9,13,17,19H2,1-4H3,(H,29,31)/b14-10+,26-21+. The molecule has 0 spiro atoms. The molecule has 1 heterocycles. The van der Waals surface area contributed by atoms with Crippen molar-refractivity contribution < 1.29 is 13.9 Å². The summed E-state index contributed by atoms with van der Waals surface area (Å²) in [5, 5.41) is 3.76. The summed E-state index contributed by atoms with van der Waals surface area (Å²) in [4.78, 5) is 16.3. The summed E-state index contributed by atoms with van der Waals surface area (Å²) < 4.78 is 19.9. The number of halogens is 1. The molecule has 0 saturated heterocycles. The van der Waals surface area contributed by atoms with Crippen molar-refractivity contribution in [3.8, 4) is 5.88 Å². The number of hydrogen-bond acceptors (Lipinski definition) is 3. The first-order valence-electron chi connectivity index (χ1n) is 11.7. The van der Waals surface area contributed by atoms with E-state index in [9.17, 15) is 9.18 Å². The Hall–Kier alpha value is -2.69. The molecule has 0 aliphatic carbocycles. The number of hydrogen-bond donors (Lipinski definition) is 1. The largest absolute Gasteiger partial charge is 0.478 e. The number of nitrogens with zero attached hydrogens (tertiary/aromatic N) is 1. The molecule has 0 saturated carbocycles. The van der Waals surface area contributed by atoms with E-state index in [0.717, 1.165) is 49.4 Å². The van der Waals surface area contributed by atoms with Crippen LogP contribution in [0, 0.1) is 12.8 Å². The zero-order valence-corrected chi connectivity index (χ0v) is 19.9. The number of unbranched alkanes of at least 4 members (excludes halogenated alkanes) is 5. The van der Waals surface area contributed by atoms with Crippen LogP contribution in [0.2, 0.25) is 0 Å². The van der Waals surface area contributed by atoms with E-state index in [4.69, 9.17) is 4.74 Å². The van der Waals surface area contributed by atoms with Gasteiger partial charge < -0.3 is 10.1 Å². The number of pyridine rings is 1. The second-order valence-corrected chi connectivity index (χ2v) is 8.70. The molecule has 4 nitrogen and oxygen atoms in total. The Morgan fingerprint density at radius 2 is 1.88 bits per heavy atom. The summed E-state index contributed by atoms with van der Waals surface area (Å²) in [6.45, 7) is 8.82. The maximum Gasteiger partial charge on any atom is 0.280 e. The monoisotopic (exact) mass is 440 g/mol. The van der Waals surface area contributed by atoms with Crippen LogP contribution in [-0.4, -0.2) is 24.0 Å². The number of nitrogens with one attached hydrogen (secondary N) is 1. The number of amides is 1. The lowest BCUT2D eigenvalue weighted by Crippen LogP contribution is -2.27. The van der Waals surface area contributed by atoms with Crippen LogP contribution in [0.1, 0.15) is 64.9 Å². The van der Waals surface area contributed by atoms with Gasteiger partial charge in [0, 0.05) is 18.0 Å². The quantitative estimate of drug-likeness (QED) is 0.211. The molecule has 2 rings (SSSR count). The van der Waals surface area contributed by atoms with Gasteiger partial charge in [0.15, 0.2) is 5.83 Å². The van der Waals surface area contributed by atoms with Gasteiger partial charge >= 0.3 is 0 Å². The fourth-order valence-corrected chi connectivity index (χ4v) is 3.35. The topological polar surface area (TPSA) is 51.2 Å². The molecule has 5 heteroatoms. The molecular formula is C27H37FN2O2. The molecule has 2 aromatic rings. The number of carbonyl (C=O) groups excluding carboxylic acids is 1. The predicted molar refractivity (Wildman–Crippen MR) is 130 cm³/mol. The molecule has 0 fully saturated rings. The third kappa shape index (κ3) is 8.81. The Morgan fingerprint density at radius 3 is 2.66 bits per heavy atom. The number of carbonyl (C=O) groups is 1. The third-order valence-electron chi connectivity index (χ3n) is 5.25. The number of rotatable bonds is 13. The van der Waals surface area contributed by atoms with Crippen molar-refractivity contribution in [2.75, 3.05) is 13.2 Å². The number of para-hydroxylation sites is 1. The highest BCUT2D eigenvalue weighted by molar-refractivity contribution is 5.92. The maximum atomic E-state index is 14.0. The molecule has 0 aliphatic heterocycles. The third-order valence-corrected chi connectivity index (χ3v) is 5.25. The smallest absolute Gasteiger partial charge is 0.280 e. The van der Waals surface area contributed by atoms with E-state index in [1.165, 1.54) is 5.56 Å². The summed E-state index contributed by atoms with van der Waals surface area (Å²) in [5.41, 5.74) is 2.53. The first-order valence-corrected chi connectivity index (χ1v) is 11.7. The van der Waals surface area contributed by atoms with Crippen LogP contribution in [-0.2, 0) is 4.79 Å². The van der Waals surface area contributed by atoms with Crippen molar-refractivity contribution in [2.45, 2.75) is 66.2 Å². The molecule has 1 aromatic carbocycles. The first kappa shape index (κ1) is 25.6. The molecule has 0 atom stereocenters. The molecular weight excluding hydrogens is 403 g/mol.